The van der Waals surface area contributed by atoms with Gasteiger partial charge in [-0.3, -0.25) is 0 Å². The second-order valence-corrected chi connectivity index (χ2v) is 4.96. The van der Waals surface area contributed by atoms with Crippen LogP contribution in [0.2, 0.25) is 0 Å². The van der Waals surface area contributed by atoms with E-state index < -0.39 is 0 Å². The summed E-state index contributed by atoms with van der Waals surface area (Å²) < 4.78 is 5.82. The number of aryl methyl sites for hydroxylation is 2. The predicted octanol–water partition coefficient (Wildman–Crippen LogP) is 2.78. The van der Waals surface area contributed by atoms with Crippen molar-refractivity contribution in [2.75, 3.05) is 0 Å². The number of hydrogen-bond acceptors (Lipinski definition) is 3. The lowest BCUT2D eigenvalue weighted by atomic mass is 9.78. The normalized spacial score (nSPS) is 18.7. The molecule has 0 unspecified atom stereocenters. The van der Waals surface area contributed by atoms with E-state index in [0.29, 0.717) is 5.89 Å². The van der Waals surface area contributed by atoms with E-state index in [0.717, 1.165) is 29.5 Å². The fourth-order valence-corrected chi connectivity index (χ4v) is 2.36. The first kappa shape index (κ1) is 9.85. The Morgan fingerprint density at radius 3 is 2.69 bits per heavy atom. The van der Waals surface area contributed by atoms with Crippen molar-refractivity contribution in [1.82, 2.24) is 4.98 Å². The number of oxazole rings is 1. The van der Waals surface area contributed by atoms with Crippen molar-refractivity contribution in [1.29, 1.82) is 0 Å². The quantitative estimate of drug-likeness (QED) is 0.797. The summed E-state index contributed by atoms with van der Waals surface area (Å²) in [6.07, 6.45) is 3.14. The minimum atomic E-state index is -0.306. The van der Waals surface area contributed by atoms with Gasteiger partial charge >= 0.3 is 0 Å². The van der Waals surface area contributed by atoms with Gasteiger partial charge in [0, 0.05) is 0 Å². The van der Waals surface area contributed by atoms with Crippen LogP contribution in [0.15, 0.2) is 16.5 Å². The zero-order chi connectivity index (χ0) is 11.3. The predicted molar refractivity (Wildman–Crippen MR) is 63.2 cm³/mol. The van der Waals surface area contributed by atoms with E-state index in [1.807, 2.05) is 6.92 Å². The topological polar surface area (TPSA) is 52.0 Å². The van der Waals surface area contributed by atoms with E-state index in [4.69, 9.17) is 10.2 Å². The summed E-state index contributed by atoms with van der Waals surface area (Å²) in [6.45, 7) is 4.12. The third-order valence-electron chi connectivity index (χ3n) is 3.49. The molecule has 0 bridgehead atoms. The molecule has 2 N–H and O–H groups in total. The van der Waals surface area contributed by atoms with Gasteiger partial charge in [0.2, 0.25) is 5.89 Å². The first-order chi connectivity index (χ1) is 7.58. The summed E-state index contributed by atoms with van der Waals surface area (Å²) in [6, 6.07) is 4.17. The number of fused-ring (bicyclic) bond motifs is 1. The van der Waals surface area contributed by atoms with Crippen LogP contribution in [0.4, 0.5) is 0 Å². The second kappa shape index (κ2) is 3.08. The van der Waals surface area contributed by atoms with Crippen LogP contribution in [0.25, 0.3) is 11.1 Å². The number of aromatic nitrogens is 1. The zero-order valence-corrected chi connectivity index (χ0v) is 9.71. The molecule has 1 aromatic carbocycles. The van der Waals surface area contributed by atoms with Crippen LogP contribution in [-0.2, 0) is 5.54 Å². The Balaban J connectivity index is 2.19. The lowest BCUT2D eigenvalue weighted by Crippen LogP contribution is -2.43. The second-order valence-electron chi connectivity index (χ2n) is 4.96. The molecule has 3 heteroatoms. The fourth-order valence-electron chi connectivity index (χ4n) is 2.36. The Hall–Kier alpha value is -1.35. The van der Waals surface area contributed by atoms with Crippen LogP contribution in [-0.4, -0.2) is 4.98 Å². The Labute approximate surface area is 94.7 Å². The Bertz CT molecular complexity index is 552. The van der Waals surface area contributed by atoms with Crippen LogP contribution < -0.4 is 5.73 Å². The van der Waals surface area contributed by atoms with Crippen molar-refractivity contribution in [3.8, 4) is 0 Å². The van der Waals surface area contributed by atoms with E-state index in [2.05, 4.69) is 24.0 Å². The van der Waals surface area contributed by atoms with Crippen molar-refractivity contribution in [2.45, 2.75) is 38.6 Å². The summed E-state index contributed by atoms with van der Waals surface area (Å²) in [5.74, 6) is 0.711. The molecule has 1 aliphatic carbocycles. The largest absolute Gasteiger partial charge is 0.438 e. The molecule has 1 saturated carbocycles. The molecular formula is C13H16N2O. The van der Waals surface area contributed by atoms with Gasteiger partial charge in [-0.25, -0.2) is 4.98 Å². The third kappa shape index (κ3) is 1.28. The van der Waals surface area contributed by atoms with Gasteiger partial charge in [-0.1, -0.05) is 6.07 Å². The van der Waals surface area contributed by atoms with Crippen molar-refractivity contribution in [3.05, 3.63) is 29.2 Å². The molecule has 1 heterocycles. The SMILES string of the molecule is Cc1cc(C)c2oc(C3(N)CCC3)nc2c1. The molecule has 1 aliphatic rings. The lowest BCUT2D eigenvalue weighted by Gasteiger charge is -2.34. The molecule has 0 saturated heterocycles. The van der Waals surface area contributed by atoms with Gasteiger partial charge in [-0.2, -0.15) is 0 Å². The maximum atomic E-state index is 6.22. The first-order valence-electron chi connectivity index (χ1n) is 5.76. The zero-order valence-electron chi connectivity index (χ0n) is 9.71. The number of nitrogens with zero attached hydrogens (tertiary/aromatic N) is 1. The van der Waals surface area contributed by atoms with Gasteiger partial charge in [0.15, 0.2) is 5.58 Å². The van der Waals surface area contributed by atoms with Crippen LogP contribution in [0.1, 0.15) is 36.3 Å². The van der Waals surface area contributed by atoms with E-state index in [-0.39, 0.29) is 5.54 Å². The van der Waals surface area contributed by atoms with Gasteiger partial charge in [0.25, 0.3) is 0 Å². The molecule has 2 aromatic rings. The summed E-state index contributed by atoms with van der Waals surface area (Å²) in [5.41, 5.74) is 10.1. The van der Waals surface area contributed by atoms with Crippen LogP contribution in [0.5, 0.6) is 0 Å². The molecule has 0 amide bonds. The van der Waals surface area contributed by atoms with Crippen LogP contribution >= 0.6 is 0 Å². The van der Waals surface area contributed by atoms with Crippen LogP contribution in [0, 0.1) is 13.8 Å². The van der Waals surface area contributed by atoms with Crippen molar-refractivity contribution in [3.63, 3.8) is 0 Å². The molecule has 0 aliphatic heterocycles. The highest BCUT2D eigenvalue weighted by Crippen LogP contribution is 2.39. The highest BCUT2D eigenvalue weighted by molar-refractivity contribution is 5.77. The number of nitrogens with two attached hydrogens (primary N) is 1. The van der Waals surface area contributed by atoms with Gasteiger partial charge in [-0.15, -0.1) is 0 Å². The van der Waals surface area contributed by atoms with Crippen molar-refractivity contribution < 1.29 is 4.42 Å². The minimum absolute atomic E-state index is 0.306. The molecule has 16 heavy (non-hydrogen) atoms. The molecule has 84 valence electrons. The average Bonchev–Trinajstić information content (AvgIpc) is 2.58. The van der Waals surface area contributed by atoms with E-state index >= 15 is 0 Å². The summed E-state index contributed by atoms with van der Waals surface area (Å²) in [5, 5.41) is 0. The van der Waals surface area contributed by atoms with Gasteiger partial charge in [-0.05, 0) is 50.3 Å². The van der Waals surface area contributed by atoms with Crippen molar-refractivity contribution >= 4 is 11.1 Å². The number of benzene rings is 1. The van der Waals surface area contributed by atoms with Crippen LogP contribution in [0.3, 0.4) is 0 Å². The smallest absolute Gasteiger partial charge is 0.215 e. The minimum Gasteiger partial charge on any atom is -0.438 e. The van der Waals surface area contributed by atoms with Crippen molar-refractivity contribution in [2.24, 2.45) is 5.73 Å². The van der Waals surface area contributed by atoms with Gasteiger partial charge in [0.1, 0.15) is 5.52 Å². The molecule has 3 nitrogen and oxygen atoms in total. The molecule has 0 atom stereocenters. The number of hydrogen-bond donors (Lipinski definition) is 1. The Morgan fingerprint density at radius 2 is 2.06 bits per heavy atom. The summed E-state index contributed by atoms with van der Waals surface area (Å²) in [7, 11) is 0. The highest BCUT2D eigenvalue weighted by Gasteiger charge is 2.39. The molecule has 1 aromatic heterocycles. The standard InChI is InChI=1S/C13H16N2O/c1-8-6-9(2)11-10(7-8)15-12(16-11)13(14)4-3-5-13/h6-7H,3-5,14H2,1-2H3. The Kier molecular flexibility index (Phi) is 1.89. The molecule has 1 fully saturated rings. The summed E-state index contributed by atoms with van der Waals surface area (Å²) in [4.78, 5) is 4.54. The monoisotopic (exact) mass is 216 g/mol. The number of rotatable bonds is 1. The third-order valence-corrected chi connectivity index (χ3v) is 3.49. The highest BCUT2D eigenvalue weighted by atomic mass is 16.4. The van der Waals surface area contributed by atoms with Gasteiger partial charge in [0.05, 0.1) is 5.54 Å². The maximum Gasteiger partial charge on any atom is 0.215 e. The maximum absolute atomic E-state index is 6.22. The lowest BCUT2D eigenvalue weighted by molar-refractivity contribution is 0.203. The van der Waals surface area contributed by atoms with Gasteiger partial charge < -0.3 is 10.2 Å². The molecule has 3 rings (SSSR count). The summed E-state index contributed by atoms with van der Waals surface area (Å²) >= 11 is 0. The van der Waals surface area contributed by atoms with E-state index in [1.165, 1.54) is 12.0 Å². The Morgan fingerprint density at radius 1 is 1.31 bits per heavy atom. The molecule has 0 radical (unpaired) electrons. The molecular weight excluding hydrogens is 200 g/mol. The fraction of sp³-hybridized carbons (Fsp3) is 0.462. The average molecular weight is 216 g/mol. The van der Waals surface area contributed by atoms with E-state index in [1.54, 1.807) is 0 Å². The van der Waals surface area contributed by atoms with E-state index in [9.17, 15) is 0 Å². The first-order valence-corrected chi connectivity index (χ1v) is 5.76. The molecule has 0 spiro atoms.